The Labute approximate surface area is 95.5 Å². The van der Waals surface area contributed by atoms with Crippen LogP contribution in [0.1, 0.15) is 20.8 Å². The summed E-state index contributed by atoms with van der Waals surface area (Å²) in [5.41, 5.74) is 6.57. The smallest absolute Gasteiger partial charge is 0.227 e. The molecule has 4 N–H and O–H groups in total. The molecule has 0 aromatic heterocycles. The molecule has 16 heavy (non-hydrogen) atoms. The molecular formula is C12H18N2O2. The van der Waals surface area contributed by atoms with E-state index in [9.17, 15) is 9.90 Å². The normalized spacial score (nSPS) is 12.5. The Balaban J connectivity index is 2.77. The lowest BCUT2D eigenvalue weighted by atomic mass is 9.97. The van der Waals surface area contributed by atoms with Crippen LogP contribution >= 0.6 is 0 Å². The second-order valence-corrected chi connectivity index (χ2v) is 4.29. The van der Waals surface area contributed by atoms with Crippen LogP contribution in [0.4, 0.5) is 11.4 Å². The Hall–Kier alpha value is -1.71. The molecule has 1 aromatic carbocycles. The van der Waals surface area contributed by atoms with Gasteiger partial charge in [-0.3, -0.25) is 4.79 Å². The molecule has 4 nitrogen and oxygen atoms in total. The van der Waals surface area contributed by atoms with Crippen molar-refractivity contribution in [2.45, 2.75) is 20.8 Å². The Morgan fingerprint density at radius 1 is 1.38 bits per heavy atom. The zero-order chi connectivity index (χ0) is 12.3. The van der Waals surface area contributed by atoms with Crippen LogP contribution in [0.3, 0.4) is 0 Å². The van der Waals surface area contributed by atoms with Gasteiger partial charge in [0.25, 0.3) is 0 Å². The minimum atomic E-state index is -0.0757. The van der Waals surface area contributed by atoms with Crippen LogP contribution in [0, 0.1) is 11.8 Å². The van der Waals surface area contributed by atoms with Crippen LogP contribution in [-0.2, 0) is 4.79 Å². The minimum Gasteiger partial charge on any atom is -0.508 e. The Bertz CT molecular complexity index is 389. The summed E-state index contributed by atoms with van der Waals surface area (Å²) < 4.78 is 0. The van der Waals surface area contributed by atoms with Gasteiger partial charge in [-0.2, -0.15) is 0 Å². The van der Waals surface area contributed by atoms with Gasteiger partial charge in [-0.15, -0.1) is 0 Å². The van der Waals surface area contributed by atoms with Crippen LogP contribution < -0.4 is 11.1 Å². The second-order valence-electron chi connectivity index (χ2n) is 4.29. The van der Waals surface area contributed by atoms with Crippen LogP contribution in [0.15, 0.2) is 18.2 Å². The lowest BCUT2D eigenvalue weighted by Gasteiger charge is -2.16. The van der Waals surface area contributed by atoms with Crippen molar-refractivity contribution < 1.29 is 9.90 Å². The first kappa shape index (κ1) is 12.4. The molecule has 0 saturated heterocycles. The molecule has 0 radical (unpaired) electrons. The third-order valence-corrected chi connectivity index (χ3v) is 2.71. The van der Waals surface area contributed by atoms with Crippen molar-refractivity contribution in [3.63, 3.8) is 0 Å². The number of carbonyl (C=O) groups excluding carboxylic acids is 1. The number of hydrogen-bond donors (Lipinski definition) is 3. The summed E-state index contributed by atoms with van der Waals surface area (Å²) in [4.78, 5) is 11.8. The Morgan fingerprint density at radius 3 is 2.50 bits per heavy atom. The van der Waals surface area contributed by atoms with Gasteiger partial charge in [-0.1, -0.05) is 20.8 Å². The molecule has 1 aromatic rings. The third-order valence-electron chi connectivity index (χ3n) is 2.71. The van der Waals surface area contributed by atoms with E-state index in [1.165, 1.54) is 12.1 Å². The highest BCUT2D eigenvalue weighted by molar-refractivity contribution is 5.95. The maximum absolute atomic E-state index is 11.8. The summed E-state index contributed by atoms with van der Waals surface area (Å²) in [7, 11) is 0. The monoisotopic (exact) mass is 222 g/mol. The number of benzene rings is 1. The molecule has 0 bridgehead atoms. The summed E-state index contributed by atoms with van der Waals surface area (Å²) in [6.45, 7) is 5.85. The maximum Gasteiger partial charge on any atom is 0.227 e. The number of aromatic hydroxyl groups is 1. The summed E-state index contributed by atoms with van der Waals surface area (Å²) >= 11 is 0. The van der Waals surface area contributed by atoms with Crippen LogP contribution in [0.25, 0.3) is 0 Å². The highest BCUT2D eigenvalue weighted by Gasteiger charge is 2.17. The first-order valence-electron chi connectivity index (χ1n) is 5.31. The van der Waals surface area contributed by atoms with E-state index in [-0.39, 0.29) is 23.5 Å². The summed E-state index contributed by atoms with van der Waals surface area (Å²) in [6.07, 6.45) is 0. The van der Waals surface area contributed by atoms with Crippen LogP contribution in [0.2, 0.25) is 0 Å². The average Bonchev–Trinajstić information content (AvgIpc) is 2.20. The van der Waals surface area contributed by atoms with E-state index >= 15 is 0 Å². The van der Waals surface area contributed by atoms with Crippen LogP contribution in [0.5, 0.6) is 5.75 Å². The van der Waals surface area contributed by atoms with Crippen molar-refractivity contribution in [2.24, 2.45) is 11.8 Å². The lowest BCUT2D eigenvalue weighted by molar-refractivity contribution is -0.120. The number of phenols is 1. The van der Waals surface area contributed by atoms with E-state index in [0.717, 1.165) is 0 Å². The van der Waals surface area contributed by atoms with Gasteiger partial charge < -0.3 is 16.2 Å². The molecule has 0 heterocycles. The molecule has 0 fully saturated rings. The number of phenolic OH excluding ortho intramolecular Hbond substituents is 1. The largest absolute Gasteiger partial charge is 0.508 e. The molecule has 1 amide bonds. The SMILES string of the molecule is CC(C)C(C)C(=O)Nc1ccc(O)cc1N. The van der Waals surface area contributed by atoms with Crippen molar-refractivity contribution in [1.82, 2.24) is 0 Å². The number of rotatable bonds is 3. The molecule has 0 aliphatic heterocycles. The van der Waals surface area contributed by atoms with Gasteiger partial charge in [0, 0.05) is 12.0 Å². The van der Waals surface area contributed by atoms with E-state index in [1.54, 1.807) is 6.07 Å². The van der Waals surface area contributed by atoms with Crippen molar-refractivity contribution in [1.29, 1.82) is 0 Å². The molecule has 88 valence electrons. The van der Waals surface area contributed by atoms with Crippen LogP contribution in [-0.4, -0.2) is 11.0 Å². The second kappa shape index (κ2) is 4.88. The predicted octanol–water partition coefficient (Wildman–Crippen LogP) is 2.20. The van der Waals surface area contributed by atoms with Gasteiger partial charge in [-0.25, -0.2) is 0 Å². The van der Waals surface area contributed by atoms with Gasteiger partial charge >= 0.3 is 0 Å². The lowest BCUT2D eigenvalue weighted by Crippen LogP contribution is -2.24. The van der Waals surface area contributed by atoms with E-state index in [4.69, 9.17) is 5.73 Å². The number of nitrogens with one attached hydrogen (secondary N) is 1. The number of nitrogen functional groups attached to an aromatic ring is 1. The standard InChI is InChI=1S/C12H18N2O2/c1-7(2)8(3)12(16)14-11-5-4-9(15)6-10(11)13/h4-8,15H,13H2,1-3H3,(H,14,16). The Kier molecular flexibility index (Phi) is 3.77. The van der Waals surface area contributed by atoms with Crippen molar-refractivity contribution in [3.05, 3.63) is 18.2 Å². The fraction of sp³-hybridized carbons (Fsp3) is 0.417. The summed E-state index contributed by atoms with van der Waals surface area (Å²) in [6, 6.07) is 4.50. The van der Waals surface area contributed by atoms with Gasteiger partial charge in [-0.05, 0) is 18.1 Å². The average molecular weight is 222 g/mol. The quantitative estimate of drug-likeness (QED) is 0.542. The number of carbonyl (C=O) groups is 1. The minimum absolute atomic E-state index is 0.0626. The molecule has 0 saturated carbocycles. The zero-order valence-electron chi connectivity index (χ0n) is 9.82. The molecule has 1 unspecified atom stereocenters. The van der Waals surface area contributed by atoms with E-state index in [2.05, 4.69) is 5.32 Å². The predicted molar refractivity (Wildman–Crippen MR) is 65.2 cm³/mol. The third kappa shape index (κ3) is 2.89. The molecule has 0 aliphatic carbocycles. The highest BCUT2D eigenvalue weighted by Crippen LogP contribution is 2.24. The topological polar surface area (TPSA) is 75.3 Å². The highest BCUT2D eigenvalue weighted by atomic mass is 16.3. The molecular weight excluding hydrogens is 204 g/mol. The van der Waals surface area contributed by atoms with Gasteiger partial charge in [0.15, 0.2) is 0 Å². The van der Waals surface area contributed by atoms with E-state index in [1.807, 2.05) is 20.8 Å². The first-order valence-corrected chi connectivity index (χ1v) is 5.31. The van der Waals surface area contributed by atoms with E-state index < -0.39 is 0 Å². The number of nitrogens with two attached hydrogens (primary N) is 1. The van der Waals surface area contributed by atoms with Gasteiger partial charge in [0.1, 0.15) is 5.75 Å². The number of hydrogen-bond acceptors (Lipinski definition) is 3. The molecule has 0 aliphatic rings. The Morgan fingerprint density at radius 2 is 2.00 bits per heavy atom. The van der Waals surface area contributed by atoms with Crippen molar-refractivity contribution in [3.8, 4) is 5.75 Å². The molecule has 1 rings (SSSR count). The fourth-order valence-corrected chi connectivity index (χ4v) is 1.21. The van der Waals surface area contributed by atoms with Crippen molar-refractivity contribution >= 4 is 17.3 Å². The molecule has 4 heteroatoms. The summed E-state index contributed by atoms with van der Waals surface area (Å²) in [5, 5.41) is 11.9. The molecule has 1 atom stereocenters. The van der Waals surface area contributed by atoms with Gasteiger partial charge in [0.05, 0.1) is 11.4 Å². The fourth-order valence-electron chi connectivity index (χ4n) is 1.21. The first-order chi connectivity index (χ1) is 7.41. The number of amides is 1. The van der Waals surface area contributed by atoms with E-state index in [0.29, 0.717) is 11.4 Å². The zero-order valence-corrected chi connectivity index (χ0v) is 9.82. The molecule has 0 spiro atoms. The summed E-state index contributed by atoms with van der Waals surface area (Å²) in [5.74, 6) is 0.228. The van der Waals surface area contributed by atoms with Gasteiger partial charge in [0.2, 0.25) is 5.91 Å². The maximum atomic E-state index is 11.8. The van der Waals surface area contributed by atoms with Crippen molar-refractivity contribution in [2.75, 3.05) is 11.1 Å². The number of anilines is 2.